The molecule has 3 heterocycles. The van der Waals surface area contributed by atoms with E-state index in [4.69, 9.17) is 20.4 Å². The molecule has 3 aliphatic rings. The van der Waals surface area contributed by atoms with Crippen molar-refractivity contribution >= 4 is 11.5 Å². The summed E-state index contributed by atoms with van der Waals surface area (Å²) < 4.78 is 77.4. The van der Waals surface area contributed by atoms with Crippen molar-refractivity contribution in [2.24, 2.45) is 5.92 Å². The first kappa shape index (κ1) is 35.0. The molecule has 4 atom stereocenters. The molecule has 5 rings (SSSR count). The molecule has 2 aliphatic heterocycles. The van der Waals surface area contributed by atoms with Crippen LogP contribution in [0, 0.1) is 30.0 Å². The van der Waals surface area contributed by atoms with Crippen molar-refractivity contribution in [3.63, 3.8) is 0 Å². The monoisotopic (exact) mass is 661 g/mol. The number of benzene rings is 1. The number of likely N-dealkylation sites (tertiary alicyclic amines) is 1. The second-order valence-electron chi connectivity index (χ2n) is 13.3. The van der Waals surface area contributed by atoms with Gasteiger partial charge < -0.3 is 20.3 Å². The molecule has 47 heavy (non-hydrogen) atoms. The van der Waals surface area contributed by atoms with Crippen molar-refractivity contribution in [2.75, 3.05) is 57.2 Å². The summed E-state index contributed by atoms with van der Waals surface area (Å²) in [5, 5.41) is 9.59. The van der Waals surface area contributed by atoms with Crippen LogP contribution in [-0.2, 0) is 30.2 Å². The predicted octanol–water partition coefficient (Wildman–Crippen LogP) is 5.93. The molecule has 2 aromatic rings. The first-order valence-corrected chi connectivity index (χ1v) is 16.3. The minimum atomic E-state index is -4.75. The van der Waals surface area contributed by atoms with Crippen molar-refractivity contribution in [1.82, 2.24) is 19.8 Å². The fourth-order valence-electron chi connectivity index (χ4n) is 7.62. The van der Waals surface area contributed by atoms with E-state index in [1.165, 1.54) is 6.92 Å². The van der Waals surface area contributed by atoms with Crippen LogP contribution in [-0.4, -0.2) is 78.4 Å². The highest BCUT2D eigenvalue weighted by atomic mass is 19.4. The van der Waals surface area contributed by atoms with E-state index < -0.39 is 29.3 Å². The van der Waals surface area contributed by atoms with Crippen LogP contribution in [0.2, 0.25) is 0 Å². The van der Waals surface area contributed by atoms with Gasteiger partial charge in [-0.1, -0.05) is 13.5 Å². The van der Waals surface area contributed by atoms with Crippen molar-refractivity contribution in [1.29, 1.82) is 5.26 Å². The Balaban J connectivity index is 1.51. The summed E-state index contributed by atoms with van der Waals surface area (Å²) in [6.07, 6.45) is -0.411. The number of halogens is 5. The molecule has 13 heteroatoms. The normalized spacial score (nSPS) is 23.9. The molecule has 1 aliphatic carbocycles. The lowest BCUT2D eigenvalue weighted by Crippen LogP contribution is -2.54. The summed E-state index contributed by atoms with van der Waals surface area (Å²) in [4.78, 5) is 16.4. The van der Waals surface area contributed by atoms with Gasteiger partial charge in [-0.2, -0.15) is 18.4 Å². The maximum atomic E-state index is 15.6. The maximum Gasteiger partial charge on any atom is 0.417 e. The minimum Gasteiger partial charge on any atom is -0.396 e. The van der Waals surface area contributed by atoms with E-state index in [0.717, 1.165) is 43.3 Å². The summed E-state index contributed by atoms with van der Waals surface area (Å²) >= 11 is 0. The Morgan fingerprint density at radius 2 is 1.96 bits per heavy atom. The number of ether oxygens (including phenoxy) is 1. The molecule has 0 spiro atoms. The average molecular weight is 662 g/mol. The largest absolute Gasteiger partial charge is 0.417 e. The lowest BCUT2D eigenvalue weighted by Gasteiger charge is -2.42. The Kier molecular flexibility index (Phi) is 10.7. The van der Waals surface area contributed by atoms with Crippen molar-refractivity contribution in [2.45, 2.75) is 83.0 Å². The van der Waals surface area contributed by atoms with Gasteiger partial charge in [-0.05, 0) is 76.1 Å². The van der Waals surface area contributed by atoms with Crippen LogP contribution in [0.5, 0.6) is 0 Å². The lowest BCUT2D eigenvalue weighted by molar-refractivity contribution is -0.139. The Morgan fingerprint density at radius 1 is 1.19 bits per heavy atom. The third kappa shape index (κ3) is 7.71. The number of nitriles is 1. The fraction of sp³-hybridized carbons (Fsp3) is 0.618. The second-order valence-corrected chi connectivity index (χ2v) is 13.3. The van der Waals surface area contributed by atoms with Crippen LogP contribution < -0.4 is 10.6 Å². The standard InChI is InChI=1S/C34H44F5N7O/c1-20-14-26-28(16-25(20)30-31(34(37,38)39)21(2)15-27(41)32(30)36)42-29(8-7-23-6-5-11-44(23)4)43-33(26)45-12-13-46(19-47-18-22(3)35)24(17-45)9-10-40/h15,20,23-25H,3,5-9,11-14,16-19,41H2,1-2,4H3/t20-,23+,24+,25-/m1/s1. The van der Waals surface area contributed by atoms with Gasteiger partial charge in [0.2, 0.25) is 0 Å². The first-order valence-electron chi connectivity index (χ1n) is 16.3. The number of nitrogens with zero attached hydrogens (tertiary/aromatic N) is 6. The van der Waals surface area contributed by atoms with Crippen molar-refractivity contribution in [3.8, 4) is 6.07 Å². The Hall–Kier alpha value is -3.34. The van der Waals surface area contributed by atoms with Crippen molar-refractivity contribution in [3.05, 3.63) is 58.1 Å². The van der Waals surface area contributed by atoms with Gasteiger partial charge in [-0.3, -0.25) is 4.90 Å². The van der Waals surface area contributed by atoms with E-state index in [0.29, 0.717) is 50.0 Å². The summed E-state index contributed by atoms with van der Waals surface area (Å²) in [7, 11) is 2.10. The zero-order valence-electron chi connectivity index (χ0n) is 27.3. The fourth-order valence-corrected chi connectivity index (χ4v) is 7.62. The highest BCUT2D eigenvalue weighted by Gasteiger charge is 2.43. The summed E-state index contributed by atoms with van der Waals surface area (Å²) in [5.41, 5.74) is 5.62. The number of nitrogen functional groups attached to an aromatic ring is 1. The molecular weight excluding hydrogens is 617 g/mol. The van der Waals surface area contributed by atoms with E-state index in [-0.39, 0.29) is 55.0 Å². The van der Waals surface area contributed by atoms with E-state index in [1.54, 1.807) is 0 Å². The Labute approximate surface area is 273 Å². The SMILES string of the molecule is C=C(F)COCN1CCN(c2nc(CC[C@@H]3CCCN3C)nc3c2C[C@@H](C)[C@H](c2c(F)c(N)cc(C)c2C(F)(F)F)C3)C[C@@H]1CC#N. The minimum absolute atomic E-state index is 0.102. The van der Waals surface area contributed by atoms with Gasteiger partial charge in [-0.15, -0.1) is 0 Å². The number of aromatic nitrogens is 2. The quantitative estimate of drug-likeness (QED) is 0.248. The van der Waals surface area contributed by atoms with Gasteiger partial charge in [0.15, 0.2) is 0 Å². The van der Waals surface area contributed by atoms with Gasteiger partial charge in [0, 0.05) is 49.3 Å². The van der Waals surface area contributed by atoms with Crippen molar-refractivity contribution < 1.29 is 26.7 Å². The molecule has 1 aromatic heterocycles. The Morgan fingerprint density at radius 3 is 2.62 bits per heavy atom. The molecule has 2 N–H and O–H groups in total. The smallest absolute Gasteiger partial charge is 0.396 e. The van der Waals surface area contributed by atoms with Crippen LogP contribution in [0.25, 0.3) is 0 Å². The second kappa shape index (κ2) is 14.4. The predicted molar refractivity (Wildman–Crippen MR) is 170 cm³/mol. The molecule has 1 aromatic carbocycles. The molecule has 2 saturated heterocycles. The average Bonchev–Trinajstić information content (AvgIpc) is 3.41. The number of rotatable bonds is 10. The van der Waals surface area contributed by atoms with Crippen LogP contribution in [0.3, 0.4) is 0 Å². The van der Waals surface area contributed by atoms with Crippen LogP contribution in [0.1, 0.15) is 72.3 Å². The topological polar surface area (TPSA) is 94.5 Å². The number of hydrogen-bond acceptors (Lipinski definition) is 8. The highest BCUT2D eigenvalue weighted by molar-refractivity contribution is 5.56. The van der Waals surface area contributed by atoms with Crippen LogP contribution >= 0.6 is 0 Å². The molecule has 0 unspecified atom stereocenters. The number of alkyl halides is 3. The molecule has 2 fully saturated rings. The molecule has 0 radical (unpaired) electrons. The third-order valence-corrected chi connectivity index (χ3v) is 10.0. The number of fused-ring (bicyclic) bond motifs is 1. The number of hydrogen-bond donors (Lipinski definition) is 1. The van der Waals surface area contributed by atoms with E-state index >= 15 is 4.39 Å². The molecule has 256 valence electrons. The highest BCUT2D eigenvalue weighted by Crippen LogP contribution is 2.47. The maximum absolute atomic E-state index is 15.6. The molecular formula is C34H44F5N7O. The molecule has 0 amide bonds. The van der Waals surface area contributed by atoms with Crippen LogP contribution in [0.15, 0.2) is 18.5 Å². The van der Waals surface area contributed by atoms with Crippen LogP contribution in [0.4, 0.5) is 33.5 Å². The molecule has 0 bridgehead atoms. The Bertz CT molecular complexity index is 1510. The van der Waals surface area contributed by atoms with Gasteiger partial charge >= 0.3 is 6.18 Å². The van der Waals surface area contributed by atoms with E-state index in [1.807, 2.05) is 11.8 Å². The molecule has 0 saturated carbocycles. The third-order valence-electron chi connectivity index (χ3n) is 10.0. The number of anilines is 2. The number of aryl methyl sites for hydroxylation is 2. The van der Waals surface area contributed by atoms with E-state index in [9.17, 15) is 22.8 Å². The summed E-state index contributed by atoms with van der Waals surface area (Å²) in [5.74, 6) is -1.42. The lowest BCUT2D eigenvalue weighted by atomic mass is 9.73. The molecule has 8 nitrogen and oxygen atoms in total. The zero-order valence-corrected chi connectivity index (χ0v) is 27.3. The number of nitrogens with two attached hydrogens (primary N) is 1. The van der Waals surface area contributed by atoms with Gasteiger partial charge in [0.05, 0.1) is 42.8 Å². The first-order chi connectivity index (χ1) is 22.3. The zero-order chi connectivity index (χ0) is 34.0. The number of piperazine rings is 1. The van der Waals surface area contributed by atoms with Gasteiger partial charge in [0.25, 0.3) is 0 Å². The summed E-state index contributed by atoms with van der Waals surface area (Å²) in [6.45, 7) is 8.89. The van der Waals surface area contributed by atoms with E-state index in [2.05, 4.69) is 29.5 Å². The van der Waals surface area contributed by atoms with Gasteiger partial charge in [-0.25, -0.2) is 18.7 Å². The van der Waals surface area contributed by atoms with Gasteiger partial charge in [0.1, 0.15) is 23.3 Å². The summed E-state index contributed by atoms with van der Waals surface area (Å²) in [6, 6.07) is 3.48.